The summed E-state index contributed by atoms with van der Waals surface area (Å²) in [6.07, 6.45) is 0. The lowest BCUT2D eigenvalue weighted by molar-refractivity contribution is 0.0845. The molecule has 1 N–H and O–H groups in total. The van der Waals surface area contributed by atoms with Crippen LogP contribution in [0.3, 0.4) is 0 Å². The van der Waals surface area contributed by atoms with E-state index in [1.54, 1.807) is 28.8 Å². The third-order valence-corrected chi connectivity index (χ3v) is 4.91. The monoisotopic (exact) mass is 340 g/mol. The molecule has 3 aromatic carbocycles. The number of amides is 2. The van der Waals surface area contributed by atoms with Crippen LogP contribution in [0.5, 0.6) is 0 Å². The molecule has 0 radical (unpaired) electrons. The number of carbonyl (C=O) groups is 2. The molecular formula is C21H12N2O3. The number of para-hydroxylation sites is 1. The second-order valence-corrected chi connectivity index (χ2v) is 6.28. The summed E-state index contributed by atoms with van der Waals surface area (Å²) in [5.41, 5.74) is 1.29. The van der Waals surface area contributed by atoms with Gasteiger partial charge >= 0.3 is 0 Å². The molecular weight excluding hydrogens is 328 g/mol. The fourth-order valence-corrected chi connectivity index (χ4v) is 3.74. The molecule has 0 spiro atoms. The van der Waals surface area contributed by atoms with Gasteiger partial charge in [0.1, 0.15) is 0 Å². The number of carbonyl (C=O) groups excluding carboxylic acids is 2. The summed E-state index contributed by atoms with van der Waals surface area (Å²) >= 11 is 0. The normalized spacial score (nSPS) is 13.4. The highest BCUT2D eigenvalue weighted by atomic mass is 16.2. The average Bonchev–Trinajstić information content (AvgIpc) is 2.65. The summed E-state index contributed by atoms with van der Waals surface area (Å²) in [7, 11) is 0. The van der Waals surface area contributed by atoms with Crippen molar-refractivity contribution in [1.82, 2.24) is 9.88 Å². The first-order valence-electron chi connectivity index (χ1n) is 8.12. The highest BCUT2D eigenvalue weighted by molar-refractivity contribution is 6.30. The molecule has 0 unspecified atom stereocenters. The minimum absolute atomic E-state index is 0.226. The molecule has 1 aliphatic heterocycles. The zero-order chi connectivity index (χ0) is 18.0. The Balaban J connectivity index is 2.05. The molecule has 0 saturated carbocycles. The summed E-state index contributed by atoms with van der Waals surface area (Å²) in [5, 5.41) is 5.20. The summed E-state index contributed by atoms with van der Waals surface area (Å²) in [4.78, 5) is 37.6. The van der Waals surface area contributed by atoms with Crippen molar-refractivity contribution in [2.45, 2.75) is 0 Å². The van der Waals surface area contributed by atoms with Crippen molar-refractivity contribution in [2.24, 2.45) is 0 Å². The number of nitrogens with zero attached hydrogens (tertiary/aromatic N) is 1. The van der Waals surface area contributed by atoms with Crippen molar-refractivity contribution in [3.05, 3.63) is 81.4 Å². The van der Waals surface area contributed by atoms with E-state index >= 15 is 0 Å². The molecule has 5 heteroatoms. The van der Waals surface area contributed by atoms with E-state index < -0.39 is 11.8 Å². The molecule has 0 saturated heterocycles. The van der Waals surface area contributed by atoms with Gasteiger partial charge in [0.2, 0.25) is 0 Å². The van der Waals surface area contributed by atoms with Gasteiger partial charge in [0.15, 0.2) is 0 Å². The Morgan fingerprint density at radius 3 is 2.00 bits per heavy atom. The first kappa shape index (κ1) is 14.6. The Labute approximate surface area is 147 Å². The van der Waals surface area contributed by atoms with E-state index in [2.05, 4.69) is 11.9 Å². The van der Waals surface area contributed by atoms with Gasteiger partial charge in [0.05, 0.1) is 0 Å². The van der Waals surface area contributed by atoms with E-state index in [1.807, 2.05) is 30.3 Å². The van der Waals surface area contributed by atoms with Crippen LogP contribution < -0.4 is 16.2 Å². The fourth-order valence-electron chi connectivity index (χ4n) is 3.74. The number of nitrogens with one attached hydrogen (secondary N) is 1. The maximum atomic E-state index is 13.2. The standard InChI is InChI=1S/C21H12N2O3/c1-11-13-7-8-14-18-15(20(25)22-19(14)24)9-10-16(17(13)18)21(26)23(11)12-5-3-2-4-6-12/h2-10H,1H2,(H,22,24,25). The molecule has 26 heavy (non-hydrogen) atoms. The minimum atomic E-state index is -0.449. The van der Waals surface area contributed by atoms with Gasteiger partial charge in [-0.1, -0.05) is 30.8 Å². The molecule has 0 bridgehead atoms. The number of benzene rings is 3. The van der Waals surface area contributed by atoms with E-state index in [0.29, 0.717) is 32.6 Å². The number of imide groups is 1. The largest absolute Gasteiger partial charge is 0.288 e. The maximum Gasteiger partial charge on any atom is 0.263 e. The molecule has 0 fully saturated rings. The van der Waals surface area contributed by atoms with Gasteiger partial charge in [-0.2, -0.15) is 0 Å². The zero-order valence-corrected chi connectivity index (χ0v) is 13.6. The maximum absolute atomic E-state index is 13.2. The Morgan fingerprint density at radius 1 is 0.731 bits per heavy atom. The quantitative estimate of drug-likeness (QED) is 0.540. The van der Waals surface area contributed by atoms with Gasteiger partial charge in [-0.25, -0.2) is 0 Å². The third-order valence-electron chi connectivity index (χ3n) is 4.91. The van der Waals surface area contributed by atoms with Crippen LogP contribution in [0, 0.1) is 0 Å². The molecule has 1 aliphatic rings. The lowest BCUT2D eigenvalue weighted by Gasteiger charge is -2.20. The van der Waals surface area contributed by atoms with Crippen molar-refractivity contribution in [3.63, 3.8) is 0 Å². The summed E-state index contributed by atoms with van der Waals surface area (Å²) in [6.45, 7) is 4.11. The molecule has 2 heterocycles. The zero-order valence-electron chi connectivity index (χ0n) is 13.6. The van der Waals surface area contributed by atoms with Crippen LogP contribution >= 0.6 is 0 Å². The molecule has 1 aromatic heterocycles. The van der Waals surface area contributed by atoms with Crippen LogP contribution in [0.25, 0.3) is 33.8 Å². The van der Waals surface area contributed by atoms with Gasteiger partial charge in [-0.3, -0.25) is 24.3 Å². The summed E-state index contributed by atoms with van der Waals surface area (Å²) in [6, 6.07) is 16.0. The molecule has 2 amide bonds. The van der Waals surface area contributed by atoms with Crippen LogP contribution in [-0.2, 0) is 0 Å². The molecule has 0 aliphatic carbocycles. The molecule has 4 aromatic rings. The second kappa shape index (κ2) is 4.89. The Hall–Kier alpha value is -3.73. The van der Waals surface area contributed by atoms with Gasteiger partial charge in [-0.05, 0) is 30.3 Å². The highest BCUT2D eigenvalue weighted by Gasteiger charge is 2.27. The van der Waals surface area contributed by atoms with Gasteiger partial charge < -0.3 is 0 Å². The average molecular weight is 340 g/mol. The van der Waals surface area contributed by atoms with Gasteiger partial charge in [0, 0.05) is 43.7 Å². The number of hydrogen-bond donors (Lipinski definition) is 1. The molecule has 0 atom stereocenters. The predicted molar refractivity (Wildman–Crippen MR) is 99.6 cm³/mol. The smallest absolute Gasteiger partial charge is 0.263 e. The molecule has 5 rings (SSSR count). The van der Waals surface area contributed by atoms with Crippen molar-refractivity contribution >= 4 is 39.9 Å². The number of aromatic nitrogens is 1. The van der Waals surface area contributed by atoms with Gasteiger partial charge in [0.25, 0.3) is 17.4 Å². The first-order valence-corrected chi connectivity index (χ1v) is 8.12. The fraction of sp³-hybridized carbons (Fsp3) is 0. The first-order chi connectivity index (χ1) is 12.6. The summed E-state index contributed by atoms with van der Waals surface area (Å²) < 4.78 is 1.56. The predicted octanol–water partition coefficient (Wildman–Crippen LogP) is 2.16. The van der Waals surface area contributed by atoms with E-state index in [0.717, 1.165) is 11.1 Å². The van der Waals surface area contributed by atoms with E-state index in [-0.39, 0.29) is 5.56 Å². The van der Waals surface area contributed by atoms with E-state index in [9.17, 15) is 14.4 Å². The Morgan fingerprint density at radius 2 is 1.35 bits per heavy atom. The van der Waals surface area contributed by atoms with Crippen LogP contribution in [0.4, 0.5) is 0 Å². The SMILES string of the molecule is C=c1c2ccc3c4c(ccc(c(=O)n1-c1ccccc1)c42)C(=O)NC3=O. The van der Waals surface area contributed by atoms with E-state index in [1.165, 1.54) is 0 Å². The lowest BCUT2D eigenvalue weighted by atomic mass is 9.91. The highest BCUT2D eigenvalue weighted by Crippen LogP contribution is 2.31. The van der Waals surface area contributed by atoms with Crippen molar-refractivity contribution in [2.75, 3.05) is 0 Å². The van der Waals surface area contributed by atoms with Gasteiger partial charge in [-0.15, -0.1) is 0 Å². The number of hydrogen-bond acceptors (Lipinski definition) is 3. The minimum Gasteiger partial charge on any atom is -0.288 e. The van der Waals surface area contributed by atoms with E-state index in [4.69, 9.17) is 0 Å². The lowest BCUT2D eigenvalue weighted by Crippen LogP contribution is -2.36. The van der Waals surface area contributed by atoms with Crippen LogP contribution in [0.15, 0.2) is 59.4 Å². The third kappa shape index (κ3) is 1.71. The van der Waals surface area contributed by atoms with Crippen molar-refractivity contribution in [3.8, 4) is 5.69 Å². The number of pyridine rings is 1. The summed E-state index contributed by atoms with van der Waals surface area (Å²) in [5.74, 6) is -0.899. The van der Waals surface area contributed by atoms with Crippen molar-refractivity contribution < 1.29 is 9.59 Å². The Kier molecular flexibility index (Phi) is 2.75. The van der Waals surface area contributed by atoms with Crippen LogP contribution in [0.1, 0.15) is 20.7 Å². The van der Waals surface area contributed by atoms with Crippen LogP contribution in [0.2, 0.25) is 0 Å². The Bertz CT molecular complexity index is 1290. The molecule has 124 valence electrons. The number of rotatable bonds is 1. The molecule has 5 nitrogen and oxygen atoms in total. The van der Waals surface area contributed by atoms with Crippen molar-refractivity contribution in [1.29, 1.82) is 0 Å². The second-order valence-electron chi connectivity index (χ2n) is 6.28. The topological polar surface area (TPSA) is 68.2 Å². The van der Waals surface area contributed by atoms with Crippen LogP contribution in [-0.4, -0.2) is 16.4 Å².